The second kappa shape index (κ2) is 17.7. The van der Waals surface area contributed by atoms with E-state index in [4.69, 9.17) is 23.9 Å². The number of carbonyl (C=O) groups excluding carboxylic acids is 2. The molecule has 1 aliphatic rings. The summed E-state index contributed by atoms with van der Waals surface area (Å²) in [6, 6.07) is 3.53. The summed E-state index contributed by atoms with van der Waals surface area (Å²) < 4.78 is 64.0. The van der Waals surface area contributed by atoms with E-state index in [1.54, 1.807) is 72.6 Å². The van der Waals surface area contributed by atoms with Gasteiger partial charge in [-0.05, 0) is 105 Å². The Kier molecular flexibility index (Phi) is 14.9. The lowest BCUT2D eigenvalue weighted by atomic mass is 9.94. The molecular formula is C35H53F3N4O6. The number of hydrogen-bond donors (Lipinski definition) is 1. The minimum Gasteiger partial charge on any atom is -0.493 e. The molecule has 0 spiro atoms. The first kappa shape index (κ1) is 40.6. The van der Waals surface area contributed by atoms with E-state index in [0.717, 1.165) is 6.07 Å². The number of unbranched alkanes of at least 4 members (excludes halogenated alkanes) is 1. The van der Waals surface area contributed by atoms with Crippen LogP contribution in [0.5, 0.6) is 5.75 Å². The summed E-state index contributed by atoms with van der Waals surface area (Å²) in [7, 11) is 1.57. The van der Waals surface area contributed by atoms with Crippen LogP contribution in [0.25, 0.3) is 5.70 Å². The van der Waals surface area contributed by atoms with Crippen LogP contribution in [0.15, 0.2) is 34.3 Å². The number of halogens is 3. The fourth-order valence-electron chi connectivity index (χ4n) is 4.98. The fourth-order valence-corrected chi connectivity index (χ4v) is 4.98. The number of aliphatic imine (C=N–C) groups is 2. The normalized spacial score (nSPS) is 17.3. The number of benzene rings is 1. The molecule has 1 heterocycles. The van der Waals surface area contributed by atoms with Crippen molar-refractivity contribution in [2.45, 2.75) is 118 Å². The molecule has 0 saturated carbocycles. The average Bonchev–Trinajstić information content (AvgIpc) is 3.44. The molecule has 0 radical (unpaired) electrons. The van der Waals surface area contributed by atoms with Gasteiger partial charge in [0.25, 0.3) is 0 Å². The van der Waals surface area contributed by atoms with Crippen LogP contribution < -0.4 is 10.1 Å². The zero-order valence-electron chi connectivity index (χ0n) is 30.0. The highest BCUT2D eigenvalue weighted by atomic mass is 19.4. The van der Waals surface area contributed by atoms with Gasteiger partial charge in [-0.15, -0.1) is 4.99 Å². The summed E-state index contributed by atoms with van der Waals surface area (Å²) in [6.45, 7) is 17.0. The minimum atomic E-state index is -4.65. The molecule has 1 N–H and O–H groups in total. The van der Waals surface area contributed by atoms with E-state index < -0.39 is 41.2 Å². The van der Waals surface area contributed by atoms with E-state index in [9.17, 15) is 22.8 Å². The van der Waals surface area contributed by atoms with Crippen LogP contribution in [0.4, 0.5) is 22.8 Å². The maximum atomic E-state index is 14.2. The van der Waals surface area contributed by atoms with Gasteiger partial charge >= 0.3 is 18.4 Å². The van der Waals surface area contributed by atoms with Gasteiger partial charge in [-0.1, -0.05) is 19.9 Å². The lowest BCUT2D eigenvalue weighted by molar-refractivity contribution is -0.139. The zero-order chi connectivity index (χ0) is 36.3. The van der Waals surface area contributed by atoms with Crippen molar-refractivity contribution in [3.05, 3.63) is 35.4 Å². The standard InChI is InChI=1S/C35H53F3N4O6/c1-11-23(3)29(39-26(12-2)24-17-18-28(25(22-24)35(36,37)38)46-21-14-13-20-45-10)27-16-15-19-42(27)30(40-31(43)47-33(4,5)6)41-32(44)48-34(7,8)9/h12,17-18,22-23,27H,11,13-16,19-21H2,1-10H3,(H,40,41,43,44)/b26-12-,39-29?. The first-order valence-corrected chi connectivity index (χ1v) is 16.5. The molecule has 270 valence electrons. The molecule has 48 heavy (non-hydrogen) atoms. The highest BCUT2D eigenvalue weighted by Crippen LogP contribution is 2.38. The first-order valence-electron chi connectivity index (χ1n) is 16.5. The van der Waals surface area contributed by atoms with E-state index in [0.29, 0.717) is 56.7 Å². The van der Waals surface area contributed by atoms with Crippen LogP contribution in [-0.2, 0) is 20.4 Å². The number of carbonyl (C=O) groups is 2. The lowest BCUT2D eigenvalue weighted by Crippen LogP contribution is -2.51. The van der Waals surface area contributed by atoms with E-state index >= 15 is 0 Å². The van der Waals surface area contributed by atoms with Gasteiger partial charge in [0.05, 0.1) is 23.9 Å². The van der Waals surface area contributed by atoms with Crippen LogP contribution in [-0.4, -0.2) is 72.9 Å². The Bertz CT molecular complexity index is 1330. The predicted molar refractivity (Wildman–Crippen MR) is 181 cm³/mol. The van der Waals surface area contributed by atoms with Gasteiger partial charge in [-0.3, -0.25) is 10.3 Å². The smallest absolute Gasteiger partial charge is 0.437 e. The summed E-state index contributed by atoms with van der Waals surface area (Å²) in [4.78, 5) is 36.6. The average molecular weight is 683 g/mol. The van der Waals surface area contributed by atoms with E-state index in [2.05, 4.69) is 10.3 Å². The number of alkyl carbamates (subject to hydrolysis) is 1. The number of amides is 2. The number of ether oxygens (including phenoxy) is 4. The van der Waals surface area contributed by atoms with Crippen molar-refractivity contribution in [1.82, 2.24) is 10.2 Å². The van der Waals surface area contributed by atoms with Gasteiger partial charge in [0.15, 0.2) is 0 Å². The largest absolute Gasteiger partial charge is 0.493 e. The predicted octanol–water partition coefficient (Wildman–Crippen LogP) is 8.64. The molecule has 1 aliphatic heterocycles. The Hall–Kier alpha value is -3.61. The van der Waals surface area contributed by atoms with Crippen molar-refractivity contribution in [2.24, 2.45) is 15.9 Å². The molecule has 0 aliphatic carbocycles. The second-order valence-electron chi connectivity index (χ2n) is 13.7. The van der Waals surface area contributed by atoms with Gasteiger partial charge in [-0.2, -0.15) is 13.2 Å². The highest BCUT2D eigenvalue weighted by Gasteiger charge is 2.37. The topological polar surface area (TPSA) is 111 Å². The molecule has 1 aromatic carbocycles. The van der Waals surface area contributed by atoms with Crippen LogP contribution in [0.2, 0.25) is 0 Å². The van der Waals surface area contributed by atoms with Gasteiger partial charge < -0.3 is 23.8 Å². The van der Waals surface area contributed by atoms with Crippen molar-refractivity contribution < 1.29 is 41.7 Å². The van der Waals surface area contributed by atoms with E-state index in [1.807, 2.05) is 13.8 Å². The molecular weight excluding hydrogens is 629 g/mol. The van der Waals surface area contributed by atoms with Gasteiger partial charge in [-0.25, -0.2) is 9.59 Å². The molecule has 1 aromatic rings. The number of allylic oxidation sites excluding steroid dienone is 1. The molecule has 2 amide bonds. The maximum absolute atomic E-state index is 14.2. The zero-order valence-corrected chi connectivity index (χ0v) is 30.0. The van der Waals surface area contributed by atoms with Crippen molar-refractivity contribution in [2.75, 3.05) is 26.9 Å². The Balaban J connectivity index is 2.57. The van der Waals surface area contributed by atoms with Crippen molar-refractivity contribution in [3.8, 4) is 5.75 Å². The van der Waals surface area contributed by atoms with Gasteiger partial charge in [0.2, 0.25) is 5.96 Å². The molecule has 13 heteroatoms. The van der Waals surface area contributed by atoms with Crippen LogP contribution in [0.1, 0.15) is 106 Å². The SMILES string of the molecule is C/C=C(\N=C(C(C)CC)C1CCCN1C(=NC(=O)OC(C)(C)C)NC(=O)OC(C)(C)C)c1ccc(OCCCCOC)c(C(F)(F)F)c1. The Labute approximate surface area is 283 Å². The summed E-state index contributed by atoms with van der Waals surface area (Å²) in [5, 5.41) is 2.63. The maximum Gasteiger partial charge on any atom is 0.437 e. The van der Waals surface area contributed by atoms with E-state index in [1.165, 1.54) is 6.07 Å². The number of nitrogens with zero attached hydrogens (tertiary/aromatic N) is 3. The monoisotopic (exact) mass is 682 g/mol. The van der Waals surface area contributed by atoms with Gasteiger partial charge in [0, 0.05) is 31.5 Å². The Morgan fingerprint density at radius 2 is 1.69 bits per heavy atom. The van der Waals surface area contributed by atoms with Crippen LogP contribution >= 0.6 is 0 Å². The second-order valence-corrected chi connectivity index (χ2v) is 13.7. The van der Waals surface area contributed by atoms with Crippen molar-refractivity contribution >= 4 is 29.6 Å². The molecule has 0 bridgehead atoms. The number of guanidine groups is 1. The molecule has 1 fully saturated rings. The number of methoxy groups -OCH3 is 1. The third-order valence-corrected chi connectivity index (χ3v) is 7.29. The molecule has 10 nitrogen and oxygen atoms in total. The third-order valence-electron chi connectivity index (χ3n) is 7.29. The molecule has 1 saturated heterocycles. The number of nitrogens with one attached hydrogen (secondary N) is 1. The summed E-state index contributed by atoms with van der Waals surface area (Å²) in [5.41, 5.74) is -1.22. The van der Waals surface area contributed by atoms with Crippen molar-refractivity contribution in [3.63, 3.8) is 0 Å². The van der Waals surface area contributed by atoms with E-state index in [-0.39, 0.29) is 29.8 Å². The minimum absolute atomic E-state index is 0.0506. The molecule has 2 rings (SSSR count). The Morgan fingerprint density at radius 1 is 1.04 bits per heavy atom. The number of hydrogen-bond acceptors (Lipinski definition) is 7. The summed E-state index contributed by atoms with van der Waals surface area (Å²) in [5.74, 6) is -0.402. The molecule has 2 atom stereocenters. The summed E-state index contributed by atoms with van der Waals surface area (Å²) in [6.07, 6.45) is -1.49. The fraction of sp³-hybridized carbons (Fsp3) is 0.657. The first-order chi connectivity index (χ1) is 22.3. The van der Waals surface area contributed by atoms with Gasteiger partial charge in [0.1, 0.15) is 17.0 Å². The quantitative estimate of drug-likeness (QED) is 0.141. The number of alkyl halides is 3. The Morgan fingerprint density at radius 3 is 2.25 bits per heavy atom. The molecule has 2 unspecified atom stereocenters. The van der Waals surface area contributed by atoms with Crippen LogP contribution in [0, 0.1) is 5.92 Å². The van der Waals surface area contributed by atoms with Crippen molar-refractivity contribution in [1.29, 1.82) is 0 Å². The highest BCUT2D eigenvalue weighted by molar-refractivity contribution is 6.03. The number of rotatable bonds is 11. The third kappa shape index (κ3) is 13.1. The number of likely N-dealkylation sites (tertiary alicyclic amines) is 1. The lowest BCUT2D eigenvalue weighted by Gasteiger charge is -2.32. The van der Waals surface area contributed by atoms with Crippen LogP contribution in [0.3, 0.4) is 0 Å². The summed E-state index contributed by atoms with van der Waals surface area (Å²) >= 11 is 0. The molecule has 0 aromatic heterocycles.